The van der Waals surface area contributed by atoms with Crippen LogP contribution in [0.15, 0.2) is 41.1 Å². The van der Waals surface area contributed by atoms with Gasteiger partial charge in [0.2, 0.25) is 0 Å². The van der Waals surface area contributed by atoms with Crippen LogP contribution in [0.2, 0.25) is 0 Å². The number of anilines is 1. The van der Waals surface area contributed by atoms with E-state index >= 15 is 0 Å². The third-order valence-corrected chi connectivity index (χ3v) is 3.40. The number of pyridine rings is 1. The van der Waals surface area contributed by atoms with Crippen molar-refractivity contribution < 1.29 is 4.79 Å². The number of nitrogens with zero attached hydrogens (tertiary/aromatic N) is 1. The minimum atomic E-state index is -0.168. The van der Waals surface area contributed by atoms with Gasteiger partial charge in [0.05, 0.1) is 5.56 Å². The predicted molar refractivity (Wildman–Crippen MR) is 75.8 cm³/mol. The molecule has 0 spiro atoms. The SMILES string of the molecule is Cc1ccc(NC(=O)c2cccnc2Br)cc1C. The van der Waals surface area contributed by atoms with Crippen LogP contribution in [0, 0.1) is 13.8 Å². The van der Waals surface area contributed by atoms with E-state index in [0.29, 0.717) is 10.2 Å². The highest BCUT2D eigenvalue weighted by Crippen LogP contribution is 2.17. The summed E-state index contributed by atoms with van der Waals surface area (Å²) in [6, 6.07) is 9.30. The van der Waals surface area contributed by atoms with Gasteiger partial charge in [-0.25, -0.2) is 4.98 Å². The molecule has 0 bridgehead atoms. The molecule has 2 aromatic rings. The molecule has 0 aliphatic carbocycles. The normalized spacial score (nSPS) is 10.2. The molecule has 0 unspecified atom stereocenters. The number of rotatable bonds is 2. The zero-order valence-electron chi connectivity index (χ0n) is 10.2. The van der Waals surface area contributed by atoms with Gasteiger partial charge in [0.15, 0.2) is 0 Å². The van der Waals surface area contributed by atoms with Gasteiger partial charge in [-0.05, 0) is 65.2 Å². The fraction of sp³-hybridized carbons (Fsp3) is 0.143. The molecule has 1 aromatic heterocycles. The topological polar surface area (TPSA) is 42.0 Å². The van der Waals surface area contributed by atoms with Crippen LogP contribution in [0.3, 0.4) is 0 Å². The Morgan fingerprint density at radius 1 is 1.22 bits per heavy atom. The first-order valence-electron chi connectivity index (χ1n) is 5.57. The maximum atomic E-state index is 12.1. The lowest BCUT2D eigenvalue weighted by atomic mass is 10.1. The van der Waals surface area contributed by atoms with Gasteiger partial charge < -0.3 is 5.32 Å². The number of hydrogen-bond donors (Lipinski definition) is 1. The van der Waals surface area contributed by atoms with Crippen molar-refractivity contribution in [2.45, 2.75) is 13.8 Å². The second-order valence-corrected chi connectivity index (χ2v) is 4.85. The molecule has 0 radical (unpaired) electrons. The summed E-state index contributed by atoms with van der Waals surface area (Å²) in [4.78, 5) is 16.1. The molecule has 1 heterocycles. The van der Waals surface area contributed by atoms with Crippen LogP contribution in [-0.2, 0) is 0 Å². The number of halogens is 1. The van der Waals surface area contributed by atoms with E-state index in [4.69, 9.17) is 0 Å². The molecule has 18 heavy (non-hydrogen) atoms. The molecule has 1 N–H and O–H groups in total. The van der Waals surface area contributed by atoms with Crippen molar-refractivity contribution >= 4 is 27.5 Å². The molecule has 3 nitrogen and oxygen atoms in total. The Kier molecular flexibility index (Phi) is 3.77. The van der Waals surface area contributed by atoms with Gasteiger partial charge in [0.25, 0.3) is 5.91 Å². The summed E-state index contributed by atoms with van der Waals surface area (Å²) in [5.74, 6) is -0.168. The first-order valence-corrected chi connectivity index (χ1v) is 6.36. The molecule has 0 saturated carbocycles. The molecule has 4 heteroatoms. The number of amides is 1. The van der Waals surface area contributed by atoms with E-state index in [2.05, 4.69) is 26.2 Å². The van der Waals surface area contributed by atoms with Gasteiger partial charge in [0.1, 0.15) is 4.60 Å². The number of carbonyl (C=O) groups excluding carboxylic acids is 1. The van der Waals surface area contributed by atoms with E-state index in [9.17, 15) is 4.79 Å². The van der Waals surface area contributed by atoms with Crippen LogP contribution in [0.4, 0.5) is 5.69 Å². The summed E-state index contributed by atoms with van der Waals surface area (Å²) in [5, 5.41) is 2.86. The second-order valence-electron chi connectivity index (χ2n) is 4.09. The molecule has 1 amide bonds. The summed E-state index contributed by atoms with van der Waals surface area (Å²) in [6.45, 7) is 4.06. The lowest BCUT2D eigenvalue weighted by Crippen LogP contribution is -2.13. The molecule has 1 aromatic carbocycles. The van der Waals surface area contributed by atoms with Gasteiger partial charge >= 0.3 is 0 Å². The molecular weight excluding hydrogens is 292 g/mol. The summed E-state index contributed by atoms with van der Waals surface area (Å²) in [6.07, 6.45) is 1.64. The Bertz CT molecular complexity index is 596. The minimum Gasteiger partial charge on any atom is -0.322 e. The highest BCUT2D eigenvalue weighted by Gasteiger charge is 2.10. The van der Waals surface area contributed by atoms with Gasteiger partial charge in [-0.3, -0.25) is 4.79 Å². The van der Waals surface area contributed by atoms with Crippen LogP contribution in [0.1, 0.15) is 21.5 Å². The summed E-state index contributed by atoms with van der Waals surface area (Å²) in [7, 11) is 0. The van der Waals surface area contributed by atoms with Crippen molar-refractivity contribution in [3.05, 3.63) is 57.8 Å². The van der Waals surface area contributed by atoms with Crippen LogP contribution >= 0.6 is 15.9 Å². The van der Waals surface area contributed by atoms with Crippen LogP contribution in [0.5, 0.6) is 0 Å². The van der Waals surface area contributed by atoms with Crippen LogP contribution in [0.25, 0.3) is 0 Å². The highest BCUT2D eigenvalue weighted by molar-refractivity contribution is 9.10. The zero-order valence-corrected chi connectivity index (χ0v) is 11.8. The minimum absolute atomic E-state index is 0.168. The first-order chi connectivity index (χ1) is 8.58. The van der Waals surface area contributed by atoms with Gasteiger partial charge in [-0.2, -0.15) is 0 Å². The number of benzene rings is 1. The van der Waals surface area contributed by atoms with Gasteiger partial charge in [-0.15, -0.1) is 0 Å². The van der Waals surface area contributed by atoms with E-state index in [1.54, 1.807) is 18.3 Å². The van der Waals surface area contributed by atoms with E-state index in [-0.39, 0.29) is 5.91 Å². The maximum Gasteiger partial charge on any atom is 0.258 e. The number of aryl methyl sites for hydroxylation is 2. The van der Waals surface area contributed by atoms with Crippen molar-refractivity contribution in [1.82, 2.24) is 4.98 Å². The largest absolute Gasteiger partial charge is 0.322 e. The average Bonchev–Trinajstić information content (AvgIpc) is 2.34. The number of hydrogen-bond acceptors (Lipinski definition) is 2. The molecule has 0 atom stereocenters. The Balaban J connectivity index is 2.22. The van der Waals surface area contributed by atoms with E-state index in [1.165, 1.54) is 5.56 Å². The second kappa shape index (κ2) is 5.31. The van der Waals surface area contributed by atoms with Crippen molar-refractivity contribution in [2.75, 3.05) is 5.32 Å². The van der Waals surface area contributed by atoms with Crippen molar-refractivity contribution in [2.24, 2.45) is 0 Å². The summed E-state index contributed by atoms with van der Waals surface area (Å²) < 4.78 is 0.548. The molecule has 0 fully saturated rings. The summed E-state index contributed by atoms with van der Waals surface area (Å²) >= 11 is 3.26. The quantitative estimate of drug-likeness (QED) is 0.859. The first kappa shape index (κ1) is 12.8. The van der Waals surface area contributed by atoms with E-state index in [1.807, 2.05) is 32.0 Å². The lowest BCUT2D eigenvalue weighted by molar-refractivity contribution is 0.102. The Labute approximate surface area is 114 Å². The van der Waals surface area contributed by atoms with Crippen molar-refractivity contribution in [3.8, 4) is 0 Å². The number of carbonyl (C=O) groups is 1. The Morgan fingerprint density at radius 2 is 2.00 bits per heavy atom. The Morgan fingerprint density at radius 3 is 2.67 bits per heavy atom. The molecular formula is C14H13BrN2O. The molecule has 2 rings (SSSR count). The third kappa shape index (κ3) is 2.76. The standard InChI is InChI=1S/C14H13BrN2O/c1-9-5-6-11(8-10(9)2)17-14(18)12-4-3-7-16-13(12)15/h3-8H,1-2H3,(H,17,18). The molecule has 0 aliphatic rings. The predicted octanol–water partition coefficient (Wildman–Crippen LogP) is 3.71. The van der Waals surface area contributed by atoms with Crippen LogP contribution in [-0.4, -0.2) is 10.9 Å². The van der Waals surface area contributed by atoms with Crippen molar-refractivity contribution in [3.63, 3.8) is 0 Å². The van der Waals surface area contributed by atoms with E-state index < -0.39 is 0 Å². The van der Waals surface area contributed by atoms with Crippen molar-refractivity contribution in [1.29, 1.82) is 0 Å². The van der Waals surface area contributed by atoms with Gasteiger partial charge in [-0.1, -0.05) is 6.07 Å². The molecule has 0 saturated heterocycles. The monoisotopic (exact) mass is 304 g/mol. The fourth-order valence-corrected chi connectivity index (χ4v) is 2.00. The van der Waals surface area contributed by atoms with Crippen LogP contribution < -0.4 is 5.32 Å². The Hall–Kier alpha value is -1.68. The fourth-order valence-electron chi connectivity index (χ4n) is 1.57. The third-order valence-electron chi connectivity index (χ3n) is 2.77. The number of aromatic nitrogens is 1. The molecule has 92 valence electrons. The summed E-state index contributed by atoms with van der Waals surface area (Å²) in [5.41, 5.74) is 3.67. The highest BCUT2D eigenvalue weighted by atomic mass is 79.9. The lowest BCUT2D eigenvalue weighted by Gasteiger charge is -2.08. The molecule has 0 aliphatic heterocycles. The number of nitrogens with one attached hydrogen (secondary N) is 1. The van der Waals surface area contributed by atoms with E-state index in [0.717, 1.165) is 11.3 Å². The smallest absolute Gasteiger partial charge is 0.258 e. The van der Waals surface area contributed by atoms with Gasteiger partial charge in [0, 0.05) is 11.9 Å². The zero-order chi connectivity index (χ0) is 13.1. The maximum absolute atomic E-state index is 12.1. The average molecular weight is 305 g/mol.